The van der Waals surface area contributed by atoms with E-state index in [2.05, 4.69) is 27.1 Å². The molecule has 2 aromatic heterocycles. The number of anilines is 2. The Balaban J connectivity index is 1.62. The molecule has 1 aliphatic heterocycles. The molecule has 130 valence electrons. The van der Waals surface area contributed by atoms with Gasteiger partial charge in [0.15, 0.2) is 0 Å². The number of nitrogens with zero attached hydrogens (tertiary/aromatic N) is 2. The Labute approximate surface area is 151 Å². The zero-order valence-electron chi connectivity index (χ0n) is 14.3. The van der Waals surface area contributed by atoms with Gasteiger partial charge in [-0.25, -0.2) is 9.97 Å². The quantitative estimate of drug-likeness (QED) is 0.709. The van der Waals surface area contributed by atoms with Crippen LogP contribution in [0.2, 0.25) is 0 Å². The lowest BCUT2D eigenvalue weighted by Crippen LogP contribution is -2.38. The number of nitrogens with two attached hydrogens (primary N) is 1. The molecule has 0 aliphatic carbocycles. The number of ether oxygens (including phenoxy) is 2. The summed E-state index contributed by atoms with van der Waals surface area (Å²) in [7, 11) is 1.82. The fraction of sp³-hybridized carbons (Fsp3) is 0.200. The number of benzene rings is 1. The third-order valence-corrected chi connectivity index (χ3v) is 4.14. The van der Waals surface area contributed by atoms with Crippen molar-refractivity contribution in [1.29, 1.82) is 0 Å². The van der Waals surface area contributed by atoms with Crippen molar-refractivity contribution < 1.29 is 9.47 Å². The topological polar surface area (TPSA) is 82.3 Å². The van der Waals surface area contributed by atoms with Crippen LogP contribution in [0, 0.1) is 11.8 Å². The minimum Gasteiger partial charge on any atom is -0.486 e. The molecule has 1 aliphatic rings. The van der Waals surface area contributed by atoms with Gasteiger partial charge >= 0.3 is 0 Å². The molecule has 0 atom stereocenters. The average Bonchev–Trinajstić information content (AvgIpc) is 2.63. The first-order valence-corrected chi connectivity index (χ1v) is 8.31. The lowest BCUT2D eigenvalue weighted by atomic mass is 10.1. The number of nitrogens with one attached hydrogen (secondary N) is 1. The van der Waals surface area contributed by atoms with Crippen molar-refractivity contribution in [1.82, 2.24) is 9.97 Å². The summed E-state index contributed by atoms with van der Waals surface area (Å²) in [5, 5.41) is 4.87. The summed E-state index contributed by atoms with van der Waals surface area (Å²) < 4.78 is 10.9. The maximum atomic E-state index is 5.84. The lowest BCUT2D eigenvalue weighted by molar-refractivity contribution is -0.0796. The molecule has 3 N–H and O–H groups in total. The molecule has 0 bridgehead atoms. The fourth-order valence-corrected chi connectivity index (χ4v) is 2.68. The number of aromatic nitrogens is 2. The predicted molar refractivity (Wildman–Crippen MR) is 101 cm³/mol. The molecule has 1 aromatic carbocycles. The number of rotatable bonds is 3. The molecule has 26 heavy (non-hydrogen) atoms. The summed E-state index contributed by atoms with van der Waals surface area (Å²) in [6.07, 6.45) is 3.62. The minimum absolute atomic E-state index is 0.161. The highest BCUT2D eigenvalue weighted by Gasteiger charge is 2.19. The third kappa shape index (κ3) is 3.25. The lowest BCUT2D eigenvalue weighted by Gasteiger charge is -2.26. The van der Waals surface area contributed by atoms with E-state index in [1.165, 1.54) is 0 Å². The van der Waals surface area contributed by atoms with E-state index < -0.39 is 0 Å². The van der Waals surface area contributed by atoms with Crippen LogP contribution in [0.5, 0.6) is 5.75 Å². The van der Waals surface area contributed by atoms with Crippen LogP contribution >= 0.6 is 0 Å². The molecule has 6 heteroatoms. The molecular weight excluding hydrogens is 328 g/mol. The molecule has 0 spiro atoms. The largest absolute Gasteiger partial charge is 0.486 e. The van der Waals surface area contributed by atoms with Gasteiger partial charge in [0.2, 0.25) is 0 Å². The second kappa shape index (κ2) is 6.90. The van der Waals surface area contributed by atoms with E-state index in [-0.39, 0.29) is 6.10 Å². The SMILES string of the molecule is CNc1ncc(C#Cc2ccc(OC3COC3)cc2)c2cc(N)ncc12. The van der Waals surface area contributed by atoms with Crippen molar-refractivity contribution in [2.75, 3.05) is 31.3 Å². The Bertz CT molecular complexity index is 1000. The second-order valence-electron chi connectivity index (χ2n) is 5.98. The zero-order chi connectivity index (χ0) is 17.9. The van der Waals surface area contributed by atoms with E-state index >= 15 is 0 Å². The van der Waals surface area contributed by atoms with Crippen LogP contribution < -0.4 is 15.8 Å². The van der Waals surface area contributed by atoms with Gasteiger partial charge in [0.25, 0.3) is 0 Å². The van der Waals surface area contributed by atoms with Crippen LogP contribution in [-0.2, 0) is 4.74 Å². The zero-order valence-corrected chi connectivity index (χ0v) is 14.3. The van der Waals surface area contributed by atoms with Gasteiger partial charge in [-0.3, -0.25) is 0 Å². The average molecular weight is 346 g/mol. The van der Waals surface area contributed by atoms with E-state index in [1.54, 1.807) is 12.4 Å². The normalized spacial score (nSPS) is 13.6. The van der Waals surface area contributed by atoms with Gasteiger partial charge in [-0.15, -0.1) is 0 Å². The molecule has 0 radical (unpaired) electrons. The smallest absolute Gasteiger partial charge is 0.145 e. The highest BCUT2D eigenvalue weighted by atomic mass is 16.6. The van der Waals surface area contributed by atoms with Crippen molar-refractivity contribution in [3.8, 4) is 17.6 Å². The van der Waals surface area contributed by atoms with E-state index in [0.717, 1.165) is 33.5 Å². The first-order valence-electron chi connectivity index (χ1n) is 8.31. The van der Waals surface area contributed by atoms with E-state index in [9.17, 15) is 0 Å². The van der Waals surface area contributed by atoms with Crippen molar-refractivity contribution in [3.05, 3.63) is 53.9 Å². The van der Waals surface area contributed by atoms with Crippen molar-refractivity contribution in [2.24, 2.45) is 0 Å². The molecule has 1 saturated heterocycles. The third-order valence-electron chi connectivity index (χ3n) is 4.14. The maximum Gasteiger partial charge on any atom is 0.145 e. The van der Waals surface area contributed by atoms with E-state index in [4.69, 9.17) is 15.2 Å². The van der Waals surface area contributed by atoms with Crippen LogP contribution in [0.3, 0.4) is 0 Å². The number of fused-ring (bicyclic) bond motifs is 1. The van der Waals surface area contributed by atoms with Gasteiger partial charge in [-0.1, -0.05) is 11.8 Å². The summed E-state index contributed by atoms with van der Waals surface area (Å²) in [5.41, 5.74) is 7.55. The number of hydrogen-bond acceptors (Lipinski definition) is 6. The molecule has 0 saturated carbocycles. The summed E-state index contributed by atoms with van der Waals surface area (Å²) >= 11 is 0. The Morgan fingerprint density at radius 3 is 2.62 bits per heavy atom. The van der Waals surface area contributed by atoms with E-state index in [0.29, 0.717) is 19.0 Å². The summed E-state index contributed by atoms with van der Waals surface area (Å²) in [6.45, 7) is 1.31. The summed E-state index contributed by atoms with van der Waals surface area (Å²) in [4.78, 5) is 8.55. The van der Waals surface area contributed by atoms with Gasteiger partial charge in [-0.05, 0) is 30.3 Å². The molecular formula is C20H18N4O2. The van der Waals surface area contributed by atoms with Gasteiger partial charge < -0.3 is 20.5 Å². The molecule has 3 aromatic rings. The van der Waals surface area contributed by atoms with Crippen LogP contribution in [-0.4, -0.2) is 36.3 Å². The Morgan fingerprint density at radius 2 is 1.92 bits per heavy atom. The molecule has 0 amide bonds. The van der Waals surface area contributed by atoms with Gasteiger partial charge in [0.1, 0.15) is 23.5 Å². The van der Waals surface area contributed by atoms with Crippen molar-refractivity contribution in [3.63, 3.8) is 0 Å². The molecule has 6 nitrogen and oxygen atoms in total. The van der Waals surface area contributed by atoms with Gasteiger partial charge in [0.05, 0.1) is 18.8 Å². The second-order valence-corrected chi connectivity index (χ2v) is 5.98. The highest BCUT2D eigenvalue weighted by molar-refractivity contribution is 5.96. The number of pyridine rings is 2. The fourth-order valence-electron chi connectivity index (χ4n) is 2.68. The highest BCUT2D eigenvalue weighted by Crippen LogP contribution is 2.24. The summed E-state index contributed by atoms with van der Waals surface area (Å²) in [6, 6.07) is 9.54. The van der Waals surface area contributed by atoms with Crippen molar-refractivity contribution >= 4 is 22.4 Å². The van der Waals surface area contributed by atoms with Crippen LogP contribution in [0.4, 0.5) is 11.6 Å². The first-order chi connectivity index (χ1) is 12.7. The van der Waals surface area contributed by atoms with Gasteiger partial charge in [-0.2, -0.15) is 0 Å². The summed E-state index contributed by atoms with van der Waals surface area (Å²) in [5.74, 6) is 8.38. The van der Waals surface area contributed by atoms with E-state index in [1.807, 2.05) is 37.4 Å². The van der Waals surface area contributed by atoms with Crippen LogP contribution in [0.15, 0.2) is 42.7 Å². The number of nitrogen functional groups attached to an aromatic ring is 1. The van der Waals surface area contributed by atoms with Gasteiger partial charge in [0, 0.05) is 35.8 Å². The predicted octanol–water partition coefficient (Wildman–Crippen LogP) is 2.43. The Kier molecular flexibility index (Phi) is 4.30. The Morgan fingerprint density at radius 1 is 1.12 bits per heavy atom. The monoisotopic (exact) mass is 346 g/mol. The minimum atomic E-state index is 0.161. The van der Waals surface area contributed by atoms with Crippen molar-refractivity contribution in [2.45, 2.75) is 6.10 Å². The maximum absolute atomic E-state index is 5.84. The van der Waals surface area contributed by atoms with Crippen LogP contribution in [0.25, 0.3) is 10.8 Å². The Hall–Kier alpha value is -3.30. The molecule has 4 rings (SSSR count). The number of hydrogen-bond donors (Lipinski definition) is 2. The first kappa shape index (κ1) is 16.2. The van der Waals surface area contributed by atoms with Crippen LogP contribution in [0.1, 0.15) is 11.1 Å². The molecule has 1 fully saturated rings. The standard InChI is InChI=1S/C20H18N4O2/c1-22-20-18-10-23-19(21)8-17(18)14(9-24-20)5-2-13-3-6-15(7-4-13)26-16-11-25-12-16/h3-4,6-10,16H,11-12H2,1H3,(H2,21,23)(H,22,24). The molecule has 0 unspecified atom stereocenters. The molecule has 3 heterocycles.